The number of aromatic nitrogens is 2. The maximum Gasteiger partial charge on any atom is 0.140 e. The second kappa shape index (κ2) is 6.49. The topological polar surface area (TPSA) is 56.5 Å². The highest BCUT2D eigenvalue weighted by Gasteiger charge is 2.07. The zero-order valence-electron chi connectivity index (χ0n) is 10.5. The first-order valence-electron chi connectivity index (χ1n) is 5.97. The number of ether oxygens (including phenoxy) is 2. The first kappa shape index (κ1) is 13.0. The Morgan fingerprint density at radius 2 is 2.22 bits per heavy atom. The summed E-state index contributed by atoms with van der Waals surface area (Å²) in [6, 6.07) is 3.84. The van der Waals surface area contributed by atoms with Crippen molar-refractivity contribution in [3.8, 4) is 0 Å². The summed E-state index contributed by atoms with van der Waals surface area (Å²) in [6.45, 7) is 2.55. The molecule has 5 nitrogen and oxygen atoms in total. The molecule has 0 fully saturated rings. The van der Waals surface area contributed by atoms with Crippen molar-refractivity contribution in [2.45, 2.75) is 13.2 Å². The van der Waals surface area contributed by atoms with Crippen LogP contribution in [0.5, 0.6) is 0 Å². The fourth-order valence-corrected chi connectivity index (χ4v) is 1.90. The van der Waals surface area contributed by atoms with Gasteiger partial charge in [0, 0.05) is 37.0 Å². The molecule has 0 aromatic carbocycles. The quantitative estimate of drug-likeness (QED) is 0.750. The number of aliphatic hydroxyl groups is 1. The largest absolute Gasteiger partial charge is 0.392 e. The minimum absolute atomic E-state index is 0.0275. The van der Waals surface area contributed by atoms with Gasteiger partial charge in [0.1, 0.15) is 5.65 Å². The Labute approximate surface area is 106 Å². The standard InChI is InChI=1S/C13H18N2O3/c1-17-7-8-18-6-5-15-9-11(10-16)12-3-2-4-14-13(12)15/h2-4,9,16H,5-8,10H2,1H3. The average molecular weight is 250 g/mol. The molecule has 0 saturated heterocycles. The second-order valence-electron chi connectivity index (χ2n) is 3.99. The molecule has 0 unspecified atom stereocenters. The predicted octanol–water partition coefficient (Wildman–Crippen LogP) is 1.19. The summed E-state index contributed by atoms with van der Waals surface area (Å²) in [6.07, 6.45) is 3.68. The fourth-order valence-electron chi connectivity index (χ4n) is 1.90. The Morgan fingerprint density at radius 3 is 3.00 bits per heavy atom. The molecule has 0 radical (unpaired) electrons. The van der Waals surface area contributed by atoms with Crippen LogP contribution in [-0.2, 0) is 22.6 Å². The van der Waals surface area contributed by atoms with E-state index >= 15 is 0 Å². The third-order valence-corrected chi connectivity index (χ3v) is 2.80. The molecule has 0 atom stereocenters. The monoisotopic (exact) mass is 250 g/mol. The highest BCUT2D eigenvalue weighted by Crippen LogP contribution is 2.18. The Bertz CT molecular complexity index is 496. The lowest BCUT2D eigenvalue weighted by Gasteiger charge is -2.05. The Hall–Kier alpha value is -1.43. The molecule has 5 heteroatoms. The summed E-state index contributed by atoms with van der Waals surface area (Å²) >= 11 is 0. The van der Waals surface area contributed by atoms with E-state index in [4.69, 9.17) is 9.47 Å². The van der Waals surface area contributed by atoms with Crippen molar-refractivity contribution in [3.63, 3.8) is 0 Å². The van der Waals surface area contributed by atoms with Crippen molar-refractivity contribution in [2.24, 2.45) is 0 Å². The van der Waals surface area contributed by atoms with E-state index in [0.717, 1.165) is 23.1 Å². The van der Waals surface area contributed by atoms with E-state index in [9.17, 15) is 5.11 Å². The maximum absolute atomic E-state index is 9.30. The molecule has 0 aliphatic carbocycles. The first-order valence-corrected chi connectivity index (χ1v) is 5.97. The van der Waals surface area contributed by atoms with Gasteiger partial charge in [-0.1, -0.05) is 0 Å². The van der Waals surface area contributed by atoms with Crippen LogP contribution in [0.25, 0.3) is 11.0 Å². The van der Waals surface area contributed by atoms with E-state index in [0.29, 0.717) is 19.8 Å². The van der Waals surface area contributed by atoms with Crippen LogP contribution in [0.3, 0.4) is 0 Å². The summed E-state index contributed by atoms with van der Waals surface area (Å²) in [5, 5.41) is 10.3. The van der Waals surface area contributed by atoms with Crippen molar-refractivity contribution < 1.29 is 14.6 Å². The molecule has 1 N–H and O–H groups in total. The van der Waals surface area contributed by atoms with Gasteiger partial charge >= 0.3 is 0 Å². The number of aliphatic hydroxyl groups excluding tert-OH is 1. The maximum atomic E-state index is 9.30. The van der Waals surface area contributed by atoms with Crippen molar-refractivity contribution in [2.75, 3.05) is 26.9 Å². The van der Waals surface area contributed by atoms with E-state index in [2.05, 4.69) is 4.98 Å². The molecule has 18 heavy (non-hydrogen) atoms. The third-order valence-electron chi connectivity index (χ3n) is 2.80. The number of hydrogen-bond acceptors (Lipinski definition) is 4. The molecule has 0 saturated carbocycles. The van der Waals surface area contributed by atoms with E-state index < -0.39 is 0 Å². The number of nitrogens with zero attached hydrogens (tertiary/aromatic N) is 2. The smallest absolute Gasteiger partial charge is 0.140 e. The lowest BCUT2D eigenvalue weighted by Crippen LogP contribution is -2.09. The summed E-state index contributed by atoms with van der Waals surface area (Å²) in [5.74, 6) is 0. The molecule has 0 spiro atoms. The summed E-state index contributed by atoms with van der Waals surface area (Å²) in [5.41, 5.74) is 1.78. The lowest BCUT2D eigenvalue weighted by molar-refractivity contribution is 0.0669. The van der Waals surface area contributed by atoms with Crippen LogP contribution in [0, 0.1) is 0 Å². The SMILES string of the molecule is COCCOCCn1cc(CO)c2cccnc21. The lowest BCUT2D eigenvalue weighted by atomic mass is 10.2. The molecule has 2 rings (SSSR count). The van der Waals surface area contributed by atoms with Crippen LogP contribution in [0.2, 0.25) is 0 Å². The zero-order chi connectivity index (χ0) is 12.8. The normalized spacial score (nSPS) is 11.2. The molecule has 0 bridgehead atoms. The van der Waals surface area contributed by atoms with E-state index in [1.807, 2.05) is 22.9 Å². The van der Waals surface area contributed by atoms with Crippen molar-refractivity contribution >= 4 is 11.0 Å². The van der Waals surface area contributed by atoms with E-state index in [1.165, 1.54) is 0 Å². The molecule has 2 heterocycles. The Kier molecular flexibility index (Phi) is 4.69. The number of fused-ring (bicyclic) bond motifs is 1. The average Bonchev–Trinajstić information content (AvgIpc) is 2.77. The van der Waals surface area contributed by atoms with Crippen LogP contribution < -0.4 is 0 Å². The molecule has 98 valence electrons. The highest BCUT2D eigenvalue weighted by molar-refractivity contribution is 5.80. The molecule has 0 amide bonds. The van der Waals surface area contributed by atoms with Crippen LogP contribution in [-0.4, -0.2) is 41.6 Å². The summed E-state index contributed by atoms with van der Waals surface area (Å²) in [7, 11) is 1.65. The number of rotatable bonds is 7. The van der Waals surface area contributed by atoms with Crippen LogP contribution in [0.4, 0.5) is 0 Å². The van der Waals surface area contributed by atoms with Crippen LogP contribution in [0.15, 0.2) is 24.5 Å². The summed E-state index contributed by atoms with van der Waals surface area (Å²) < 4.78 is 12.3. The van der Waals surface area contributed by atoms with Gasteiger partial charge in [-0.15, -0.1) is 0 Å². The second-order valence-corrected chi connectivity index (χ2v) is 3.99. The van der Waals surface area contributed by atoms with Gasteiger partial charge in [0.25, 0.3) is 0 Å². The Balaban J connectivity index is 2.04. The molecule has 0 aliphatic heterocycles. The van der Waals surface area contributed by atoms with Crippen LogP contribution in [0.1, 0.15) is 5.56 Å². The third kappa shape index (κ3) is 2.87. The molecular formula is C13H18N2O3. The van der Waals surface area contributed by atoms with Crippen LogP contribution >= 0.6 is 0 Å². The first-order chi connectivity index (χ1) is 8.86. The summed E-state index contributed by atoms with van der Waals surface area (Å²) in [4.78, 5) is 4.34. The molecular weight excluding hydrogens is 232 g/mol. The van der Waals surface area contributed by atoms with Gasteiger partial charge in [-0.25, -0.2) is 4.98 Å². The minimum atomic E-state index is 0.0275. The zero-order valence-corrected chi connectivity index (χ0v) is 10.5. The van der Waals surface area contributed by atoms with Gasteiger partial charge < -0.3 is 19.1 Å². The number of methoxy groups -OCH3 is 1. The van der Waals surface area contributed by atoms with Crippen molar-refractivity contribution in [1.29, 1.82) is 0 Å². The number of pyridine rings is 1. The van der Waals surface area contributed by atoms with Gasteiger partial charge in [0.05, 0.1) is 26.4 Å². The molecule has 2 aromatic rings. The van der Waals surface area contributed by atoms with Gasteiger partial charge in [-0.05, 0) is 12.1 Å². The van der Waals surface area contributed by atoms with Gasteiger partial charge in [0.15, 0.2) is 0 Å². The van der Waals surface area contributed by atoms with E-state index in [1.54, 1.807) is 13.3 Å². The predicted molar refractivity (Wildman–Crippen MR) is 68.4 cm³/mol. The fraction of sp³-hybridized carbons (Fsp3) is 0.462. The number of hydrogen-bond donors (Lipinski definition) is 1. The highest BCUT2D eigenvalue weighted by atomic mass is 16.5. The van der Waals surface area contributed by atoms with Gasteiger partial charge in [0.2, 0.25) is 0 Å². The molecule has 0 aliphatic rings. The molecule has 2 aromatic heterocycles. The Morgan fingerprint density at radius 1 is 1.33 bits per heavy atom. The van der Waals surface area contributed by atoms with Gasteiger partial charge in [-0.2, -0.15) is 0 Å². The van der Waals surface area contributed by atoms with Gasteiger partial charge in [-0.3, -0.25) is 0 Å². The van der Waals surface area contributed by atoms with Crippen molar-refractivity contribution in [1.82, 2.24) is 9.55 Å². The van der Waals surface area contributed by atoms with E-state index in [-0.39, 0.29) is 6.61 Å². The van der Waals surface area contributed by atoms with Crippen molar-refractivity contribution in [3.05, 3.63) is 30.1 Å². The minimum Gasteiger partial charge on any atom is -0.392 e.